The Balaban J connectivity index is 1.62. The predicted molar refractivity (Wildman–Crippen MR) is 101 cm³/mol. The number of pyridine rings is 1. The van der Waals surface area contributed by atoms with Gasteiger partial charge in [0, 0.05) is 24.5 Å². The summed E-state index contributed by atoms with van der Waals surface area (Å²) in [7, 11) is 0. The van der Waals surface area contributed by atoms with Gasteiger partial charge in [-0.3, -0.25) is 14.7 Å². The van der Waals surface area contributed by atoms with Gasteiger partial charge in [-0.2, -0.15) is 0 Å². The molecule has 4 rings (SSSR count). The Hall–Kier alpha value is -2.44. The summed E-state index contributed by atoms with van der Waals surface area (Å²) in [6.07, 6.45) is 5.78. The number of aliphatic hydroxyl groups excluding tert-OH is 1. The van der Waals surface area contributed by atoms with Crippen LogP contribution in [0.25, 0.3) is 0 Å². The molecule has 0 radical (unpaired) electrons. The first-order chi connectivity index (χ1) is 13.3. The van der Waals surface area contributed by atoms with E-state index in [1.54, 1.807) is 12.4 Å². The zero-order valence-electron chi connectivity index (χ0n) is 15.4. The molecule has 2 aliphatic heterocycles. The number of hydrogen-bond acceptors (Lipinski definition) is 5. The molecular formula is C21H25N3O3. The molecule has 0 bridgehead atoms. The molecular weight excluding hydrogens is 342 g/mol. The van der Waals surface area contributed by atoms with Crippen LogP contribution in [0, 0.1) is 0 Å². The molecule has 1 atom stereocenters. The van der Waals surface area contributed by atoms with E-state index in [0.29, 0.717) is 19.7 Å². The molecule has 2 aliphatic rings. The molecule has 1 aromatic carbocycles. The molecule has 1 N–H and O–H groups in total. The Kier molecular flexibility index (Phi) is 5.36. The summed E-state index contributed by atoms with van der Waals surface area (Å²) in [6.45, 7) is 3.35. The van der Waals surface area contributed by atoms with Crippen LogP contribution in [0.4, 0.5) is 0 Å². The number of rotatable bonds is 4. The van der Waals surface area contributed by atoms with Gasteiger partial charge in [-0.1, -0.05) is 12.1 Å². The smallest absolute Gasteiger partial charge is 0.245 e. The Morgan fingerprint density at radius 1 is 1.22 bits per heavy atom. The Labute approximate surface area is 159 Å². The highest BCUT2D eigenvalue weighted by atomic mass is 16.5. The van der Waals surface area contributed by atoms with E-state index < -0.39 is 0 Å². The van der Waals surface area contributed by atoms with E-state index in [-0.39, 0.29) is 18.6 Å². The SMILES string of the molecule is O=C([C@@H](c1cccnc1)N1CCCC1)N1CCOc2ccc(CO)cc2C1. The van der Waals surface area contributed by atoms with E-state index in [1.807, 2.05) is 35.2 Å². The van der Waals surface area contributed by atoms with Crippen LogP contribution in [0.3, 0.4) is 0 Å². The van der Waals surface area contributed by atoms with Crippen molar-refractivity contribution in [2.24, 2.45) is 0 Å². The molecule has 0 aliphatic carbocycles. The maximum Gasteiger partial charge on any atom is 0.245 e. The van der Waals surface area contributed by atoms with Crippen LogP contribution in [0.1, 0.15) is 35.6 Å². The number of benzene rings is 1. The lowest BCUT2D eigenvalue weighted by Gasteiger charge is -2.31. The van der Waals surface area contributed by atoms with Crippen molar-refractivity contribution in [1.82, 2.24) is 14.8 Å². The van der Waals surface area contributed by atoms with Crippen LogP contribution < -0.4 is 4.74 Å². The lowest BCUT2D eigenvalue weighted by atomic mass is 10.0. The summed E-state index contributed by atoms with van der Waals surface area (Å²) in [6, 6.07) is 9.24. The van der Waals surface area contributed by atoms with E-state index >= 15 is 0 Å². The summed E-state index contributed by atoms with van der Waals surface area (Å²) in [5.74, 6) is 0.886. The van der Waals surface area contributed by atoms with Crippen molar-refractivity contribution in [2.75, 3.05) is 26.2 Å². The van der Waals surface area contributed by atoms with Gasteiger partial charge in [0.2, 0.25) is 5.91 Å². The third kappa shape index (κ3) is 3.82. The second kappa shape index (κ2) is 8.06. The van der Waals surface area contributed by atoms with Gasteiger partial charge in [0.25, 0.3) is 0 Å². The first kappa shape index (κ1) is 17.9. The van der Waals surface area contributed by atoms with Gasteiger partial charge in [-0.05, 0) is 55.3 Å². The predicted octanol–water partition coefficient (Wildman–Crippen LogP) is 2.13. The van der Waals surface area contributed by atoms with Crippen molar-refractivity contribution >= 4 is 5.91 Å². The minimum absolute atomic E-state index is 0.0205. The number of hydrogen-bond donors (Lipinski definition) is 1. The number of fused-ring (bicyclic) bond motifs is 1. The van der Waals surface area contributed by atoms with Crippen LogP contribution in [-0.2, 0) is 17.9 Å². The third-order valence-electron chi connectivity index (χ3n) is 5.34. The van der Waals surface area contributed by atoms with Crippen LogP contribution in [0.5, 0.6) is 5.75 Å². The van der Waals surface area contributed by atoms with Gasteiger partial charge in [0.15, 0.2) is 0 Å². The molecule has 1 saturated heterocycles. The van der Waals surface area contributed by atoms with Gasteiger partial charge in [-0.25, -0.2) is 0 Å². The van der Waals surface area contributed by atoms with Crippen molar-refractivity contribution in [3.05, 3.63) is 59.4 Å². The second-order valence-electron chi connectivity index (χ2n) is 7.14. The maximum atomic E-state index is 13.6. The minimum Gasteiger partial charge on any atom is -0.491 e. The van der Waals surface area contributed by atoms with Gasteiger partial charge < -0.3 is 14.7 Å². The number of aliphatic hydroxyl groups is 1. The van der Waals surface area contributed by atoms with E-state index in [0.717, 1.165) is 48.4 Å². The van der Waals surface area contributed by atoms with Gasteiger partial charge in [0.1, 0.15) is 18.4 Å². The molecule has 0 spiro atoms. The number of carbonyl (C=O) groups excluding carboxylic acids is 1. The lowest BCUT2D eigenvalue weighted by molar-refractivity contribution is -0.137. The molecule has 142 valence electrons. The molecule has 27 heavy (non-hydrogen) atoms. The third-order valence-corrected chi connectivity index (χ3v) is 5.34. The van der Waals surface area contributed by atoms with Gasteiger partial charge in [-0.15, -0.1) is 0 Å². The van der Waals surface area contributed by atoms with E-state index in [2.05, 4.69) is 9.88 Å². The van der Waals surface area contributed by atoms with Crippen molar-refractivity contribution in [2.45, 2.75) is 32.0 Å². The number of carbonyl (C=O) groups is 1. The fourth-order valence-corrected chi connectivity index (χ4v) is 3.95. The Morgan fingerprint density at radius 3 is 2.81 bits per heavy atom. The summed E-state index contributed by atoms with van der Waals surface area (Å²) in [4.78, 5) is 21.9. The number of amides is 1. The quantitative estimate of drug-likeness (QED) is 0.897. The topological polar surface area (TPSA) is 65.9 Å². The highest BCUT2D eigenvalue weighted by molar-refractivity contribution is 5.83. The summed E-state index contributed by atoms with van der Waals surface area (Å²) in [5, 5.41) is 9.43. The molecule has 6 heteroatoms. The van der Waals surface area contributed by atoms with Crippen molar-refractivity contribution in [3.8, 4) is 5.75 Å². The first-order valence-electron chi connectivity index (χ1n) is 9.54. The summed E-state index contributed by atoms with van der Waals surface area (Å²) in [5.41, 5.74) is 2.72. The molecule has 0 saturated carbocycles. The lowest BCUT2D eigenvalue weighted by Crippen LogP contribution is -2.42. The molecule has 1 amide bonds. The largest absolute Gasteiger partial charge is 0.491 e. The van der Waals surface area contributed by atoms with E-state index in [4.69, 9.17) is 4.74 Å². The molecule has 2 aromatic rings. The number of aromatic nitrogens is 1. The number of ether oxygens (including phenoxy) is 1. The zero-order valence-corrected chi connectivity index (χ0v) is 15.4. The fraction of sp³-hybridized carbons (Fsp3) is 0.429. The van der Waals surface area contributed by atoms with E-state index in [1.165, 1.54) is 0 Å². The molecule has 6 nitrogen and oxygen atoms in total. The second-order valence-corrected chi connectivity index (χ2v) is 7.14. The fourth-order valence-electron chi connectivity index (χ4n) is 3.95. The zero-order chi connectivity index (χ0) is 18.6. The Morgan fingerprint density at radius 2 is 2.07 bits per heavy atom. The number of likely N-dealkylation sites (tertiary alicyclic amines) is 1. The van der Waals surface area contributed by atoms with Gasteiger partial charge in [0.05, 0.1) is 13.2 Å². The molecule has 3 heterocycles. The van der Waals surface area contributed by atoms with Crippen molar-refractivity contribution in [3.63, 3.8) is 0 Å². The van der Waals surface area contributed by atoms with Crippen molar-refractivity contribution < 1.29 is 14.6 Å². The molecule has 1 fully saturated rings. The monoisotopic (exact) mass is 367 g/mol. The highest BCUT2D eigenvalue weighted by Crippen LogP contribution is 2.30. The minimum atomic E-state index is -0.302. The Bertz CT molecular complexity index is 791. The van der Waals surface area contributed by atoms with Crippen molar-refractivity contribution in [1.29, 1.82) is 0 Å². The summed E-state index contributed by atoms with van der Waals surface area (Å²) >= 11 is 0. The summed E-state index contributed by atoms with van der Waals surface area (Å²) < 4.78 is 5.84. The molecule has 0 unspecified atom stereocenters. The average Bonchev–Trinajstić information content (AvgIpc) is 3.14. The van der Waals surface area contributed by atoms with E-state index in [9.17, 15) is 9.90 Å². The maximum absolute atomic E-state index is 13.6. The first-order valence-corrected chi connectivity index (χ1v) is 9.54. The average molecular weight is 367 g/mol. The van der Waals surface area contributed by atoms with Crippen LogP contribution in [0.2, 0.25) is 0 Å². The van der Waals surface area contributed by atoms with Crippen LogP contribution in [0.15, 0.2) is 42.7 Å². The van der Waals surface area contributed by atoms with Crippen LogP contribution in [-0.4, -0.2) is 52.0 Å². The molecule has 1 aromatic heterocycles. The number of nitrogens with zero attached hydrogens (tertiary/aromatic N) is 3. The highest BCUT2D eigenvalue weighted by Gasteiger charge is 2.34. The standard InChI is InChI=1S/C21H25N3O3/c25-15-16-5-6-19-18(12-16)14-24(10-11-27-19)21(26)20(23-8-1-2-9-23)17-4-3-7-22-13-17/h3-7,12-13,20,25H,1-2,8-11,14-15H2/t20-/m1/s1. The van der Waals surface area contributed by atoms with Gasteiger partial charge >= 0.3 is 0 Å². The normalized spacial score (nSPS) is 18.5. The van der Waals surface area contributed by atoms with Crippen LogP contribution >= 0.6 is 0 Å².